The Morgan fingerprint density at radius 2 is 1.21 bits per heavy atom. The molecule has 1 heterocycles. The van der Waals surface area contributed by atoms with E-state index < -0.39 is 36.8 Å². The summed E-state index contributed by atoms with van der Waals surface area (Å²) in [5, 5.41) is 0. The molecule has 3 nitrogen and oxygen atoms in total. The molecule has 8 unspecified atom stereocenters. The summed E-state index contributed by atoms with van der Waals surface area (Å²) in [6.45, 7) is 0. The second-order valence-corrected chi connectivity index (χ2v) is 5.98. The van der Waals surface area contributed by atoms with Gasteiger partial charge in [-0.05, 0) is 37.5 Å². The molecule has 0 amide bonds. The van der Waals surface area contributed by atoms with E-state index in [1.54, 1.807) is 0 Å². The summed E-state index contributed by atoms with van der Waals surface area (Å²) in [5.41, 5.74) is 0. The monoisotopic (exact) mass is 276 g/mol. The Morgan fingerprint density at radius 1 is 0.789 bits per heavy atom. The summed E-state index contributed by atoms with van der Waals surface area (Å²) in [6, 6.07) is 0. The SMILES string of the molecule is COC1CCC2C3CCC(OC)C(F)C3OC2C1F. The number of ether oxygens (including phenoxy) is 3. The quantitative estimate of drug-likeness (QED) is 0.774. The molecule has 5 heteroatoms. The van der Waals surface area contributed by atoms with Crippen LogP contribution in [0, 0.1) is 11.8 Å². The molecule has 0 aromatic carbocycles. The van der Waals surface area contributed by atoms with Gasteiger partial charge in [0.2, 0.25) is 0 Å². The van der Waals surface area contributed by atoms with Crippen molar-refractivity contribution in [3.63, 3.8) is 0 Å². The van der Waals surface area contributed by atoms with Crippen LogP contribution in [-0.4, -0.2) is 51.0 Å². The van der Waals surface area contributed by atoms with Crippen LogP contribution in [0.25, 0.3) is 0 Å². The Hall–Kier alpha value is -0.260. The predicted octanol–water partition coefficient (Wildman–Crippen LogP) is 2.28. The third-order valence-electron chi connectivity index (χ3n) is 5.22. The van der Waals surface area contributed by atoms with Gasteiger partial charge in [-0.25, -0.2) is 8.78 Å². The molecule has 2 aliphatic carbocycles. The molecule has 0 N–H and O–H groups in total. The third kappa shape index (κ3) is 2.10. The summed E-state index contributed by atoms with van der Waals surface area (Å²) >= 11 is 0. The van der Waals surface area contributed by atoms with Crippen molar-refractivity contribution in [2.75, 3.05) is 14.2 Å². The first-order valence-electron chi connectivity index (χ1n) is 7.16. The van der Waals surface area contributed by atoms with Gasteiger partial charge >= 0.3 is 0 Å². The van der Waals surface area contributed by atoms with Gasteiger partial charge in [0.05, 0.1) is 24.4 Å². The molecule has 3 aliphatic rings. The highest BCUT2D eigenvalue weighted by Gasteiger charge is 2.57. The molecule has 2 saturated carbocycles. The molecule has 0 radical (unpaired) electrons. The zero-order valence-corrected chi connectivity index (χ0v) is 11.4. The molecular weight excluding hydrogens is 254 g/mol. The minimum absolute atomic E-state index is 0.141. The largest absolute Gasteiger partial charge is 0.378 e. The molecule has 1 saturated heterocycles. The van der Waals surface area contributed by atoms with Gasteiger partial charge in [-0.15, -0.1) is 0 Å². The second-order valence-electron chi connectivity index (χ2n) is 5.98. The maximum atomic E-state index is 14.3. The van der Waals surface area contributed by atoms with E-state index in [9.17, 15) is 8.78 Å². The van der Waals surface area contributed by atoms with Gasteiger partial charge in [-0.1, -0.05) is 0 Å². The van der Waals surface area contributed by atoms with Crippen LogP contribution < -0.4 is 0 Å². The molecule has 19 heavy (non-hydrogen) atoms. The second kappa shape index (κ2) is 5.26. The van der Waals surface area contributed by atoms with Crippen molar-refractivity contribution in [3.05, 3.63) is 0 Å². The fourth-order valence-corrected chi connectivity index (χ4v) is 4.20. The summed E-state index contributed by atoms with van der Waals surface area (Å²) in [4.78, 5) is 0. The first-order chi connectivity index (χ1) is 9.17. The Kier molecular flexibility index (Phi) is 3.80. The summed E-state index contributed by atoms with van der Waals surface area (Å²) in [6.07, 6.45) is -0.929. The van der Waals surface area contributed by atoms with Gasteiger partial charge in [0.25, 0.3) is 0 Å². The smallest absolute Gasteiger partial charge is 0.152 e. The average molecular weight is 276 g/mol. The molecule has 0 bridgehead atoms. The molecule has 3 rings (SSSR count). The van der Waals surface area contributed by atoms with Crippen molar-refractivity contribution < 1.29 is 23.0 Å². The highest BCUT2D eigenvalue weighted by Crippen LogP contribution is 2.49. The Balaban J connectivity index is 1.76. The van der Waals surface area contributed by atoms with E-state index in [0.717, 1.165) is 12.8 Å². The summed E-state index contributed by atoms with van der Waals surface area (Å²) in [5.74, 6) is 0.282. The van der Waals surface area contributed by atoms with Crippen molar-refractivity contribution in [1.29, 1.82) is 0 Å². The maximum Gasteiger partial charge on any atom is 0.152 e. The molecule has 0 aromatic rings. The van der Waals surface area contributed by atoms with E-state index in [4.69, 9.17) is 14.2 Å². The van der Waals surface area contributed by atoms with Gasteiger partial charge in [-0.3, -0.25) is 0 Å². The number of alkyl halides is 2. The van der Waals surface area contributed by atoms with Crippen molar-refractivity contribution in [2.24, 2.45) is 11.8 Å². The van der Waals surface area contributed by atoms with E-state index in [1.165, 1.54) is 14.2 Å². The minimum Gasteiger partial charge on any atom is -0.378 e. The van der Waals surface area contributed by atoms with Gasteiger partial charge in [-0.2, -0.15) is 0 Å². The lowest BCUT2D eigenvalue weighted by molar-refractivity contribution is -0.124. The van der Waals surface area contributed by atoms with Crippen LogP contribution in [0.2, 0.25) is 0 Å². The minimum atomic E-state index is -1.14. The van der Waals surface area contributed by atoms with E-state index >= 15 is 0 Å². The number of hydrogen-bond acceptors (Lipinski definition) is 3. The van der Waals surface area contributed by atoms with Crippen molar-refractivity contribution in [3.8, 4) is 0 Å². The molecule has 110 valence electrons. The van der Waals surface area contributed by atoms with Crippen molar-refractivity contribution >= 4 is 0 Å². The maximum absolute atomic E-state index is 14.3. The highest BCUT2D eigenvalue weighted by atomic mass is 19.1. The molecule has 8 atom stereocenters. The zero-order valence-electron chi connectivity index (χ0n) is 11.4. The van der Waals surface area contributed by atoms with Gasteiger partial charge in [0.1, 0.15) is 0 Å². The van der Waals surface area contributed by atoms with Crippen LogP contribution in [0.15, 0.2) is 0 Å². The number of hydrogen-bond donors (Lipinski definition) is 0. The fourth-order valence-electron chi connectivity index (χ4n) is 4.20. The van der Waals surface area contributed by atoms with Crippen molar-refractivity contribution in [1.82, 2.24) is 0 Å². The van der Waals surface area contributed by atoms with E-state index in [2.05, 4.69) is 0 Å². The Labute approximate surface area is 112 Å². The zero-order chi connectivity index (χ0) is 13.6. The topological polar surface area (TPSA) is 27.7 Å². The van der Waals surface area contributed by atoms with Gasteiger partial charge in [0.15, 0.2) is 12.3 Å². The van der Waals surface area contributed by atoms with Crippen LogP contribution in [-0.2, 0) is 14.2 Å². The lowest BCUT2D eigenvalue weighted by Crippen LogP contribution is -2.44. The number of halogens is 2. The van der Waals surface area contributed by atoms with Crippen LogP contribution in [0.1, 0.15) is 25.7 Å². The van der Waals surface area contributed by atoms with Crippen LogP contribution in [0.3, 0.4) is 0 Å². The van der Waals surface area contributed by atoms with E-state index in [-0.39, 0.29) is 11.8 Å². The van der Waals surface area contributed by atoms with Crippen LogP contribution in [0.5, 0.6) is 0 Å². The lowest BCUT2D eigenvalue weighted by atomic mass is 9.71. The first-order valence-corrected chi connectivity index (χ1v) is 7.16. The Bertz CT molecular complexity index is 298. The molecular formula is C14H22F2O3. The molecule has 3 fully saturated rings. The summed E-state index contributed by atoms with van der Waals surface area (Å²) < 4.78 is 44.8. The number of rotatable bonds is 2. The fraction of sp³-hybridized carbons (Fsp3) is 1.00. The molecule has 0 aromatic heterocycles. The van der Waals surface area contributed by atoms with Crippen LogP contribution in [0.4, 0.5) is 8.78 Å². The highest BCUT2D eigenvalue weighted by molar-refractivity contribution is 5.04. The number of fused-ring (bicyclic) bond motifs is 3. The molecule has 0 spiro atoms. The van der Waals surface area contributed by atoms with Gasteiger partial charge < -0.3 is 14.2 Å². The van der Waals surface area contributed by atoms with E-state index in [1.807, 2.05) is 0 Å². The van der Waals surface area contributed by atoms with E-state index in [0.29, 0.717) is 12.8 Å². The third-order valence-corrected chi connectivity index (χ3v) is 5.22. The van der Waals surface area contributed by atoms with Crippen molar-refractivity contribution in [2.45, 2.75) is 62.4 Å². The predicted molar refractivity (Wildman–Crippen MR) is 65.5 cm³/mol. The lowest BCUT2D eigenvalue weighted by Gasteiger charge is -2.36. The normalized spacial score (nSPS) is 53.7. The Morgan fingerprint density at radius 3 is 1.58 bits per heavy atom. The number of methoxy groups -OCH3 is 2. The van der Waals surface area contributed by atoms with Crippen LogP contribution >= 0.6 is 0 Å². The average Bonchev–Trinajstić information content (AvgIpc) is 2.80. The standard InChI is InChI=1S/C14H22F2O3/c1-17-9-5-3-7-8-4-6-10(18-2)12(16)14(8)19-13(7)11(9)15/h7-14H,3-6H2,1-2H3. The van der Waals surface area contributed by atoms with Gasteiger partial charge in [0, 0.05) is 14.2 Å². The molecule has 1 aliphatic heterocycles. The summed E-state index contributed by atoms with van der Waals surface area (Å²) in [7, 11) is 3.05. The first kappa shape index (κ1) is 13.7.